The van der Waals surface area contributed by atoms with Crippen LogP contribution in [0.25, 0.3) is 0 Å². The molecule has 1 fully saturated rings. The quantitative estimate of drug-likeness (QED) is 0.109. The number of nitrogens with zero attached hydrogens (tertiary/aromatic N) is 2. The number of hydrogen-bond donors (Lipinski definition) is 0. The molecule has 6 aromatic rings. The lowest BCUT2D eigenvalue weighted by Crippen LogP contribution is -2.68. The summed E-state index contributed by atoms with van der Waals surface area (Å²) in [5, 5.41) is 16.9. The van der Waals surface area contributed by atoms with E-state index in [1.807, 2.05) is 0 Å². The summed E-state index contributed by atoms with van der Waals surface area (Å²) in [7, 11) is -5.83. The van der Waals surface area contributed by atoms with Gasteiger partial charge in [-0.1, -0.05) is 182 Å². The largest absolute Gasteiger partial charge is 0.438 e. The van der Waals surface area contributed by atoms with Crippen LogP contribution in [0.4, 0.5) is 0 Å². The smallest absolute Gasteiger partial charge is 0.380 e. The molecule has 1 aliphatic carbocycles. The molecule has 0 radical (unpaired) electrons. The first-order chi connectivity index (χ1) is 23.8. The van der Waals surface area contributed by atoms with Gasteiger partial charge in [-0.15, -0.1) is 10.3 Å². The van der Waals surface area contributed by atoms with E-state index in [0.717, 1.165) is 37.1 Å². The summed E-state index contributed by atoms with van der Waals surface area (Å²) in [5.74, 6) is 0. The first-order valence-electron chi connectivity index (χ1n) is 16.6. The first kappa shape index (κ1) is 31.3. The molecule has 48 heavy (non-hydrogen) atoms. The predicted octanol–water partition coefficient (Wildman–Crippen LogP) is 5.64. The Morgan fingerprint density at radius 3 is 0.667 bits per heavy atom. The summed E-state index contributed by atoms with van der Waals surface area (Å²) in [6.07, 6.45) is 3.12. The van der Waals surface area contributed by atoms with Crippen LogP contribution in [0.15, 0.2) is 192 Å². The Morgan fingerprint density at radius 1 is 0.292 bits per heavy atom. The van der Waals surface area contributed by atoms with E-state index in [1.54, 1.807) is 0 Å². The van der Waals surface area contributed by atoms with Crippen molar-refractivity contribution in [3.05, 3.63) is 182 Å². The van der Waals surface area contributed by atoms with Gasteiger partial charge in [0.05, 0.1) is 11.4 Å². The lowest BCUT2D eigenvalue weighted by molar-refractivity contribution is 0.341. The molecule has 0 aliphatic heterocycles. The Kier molecular flexibility index (Phi) is 9.54. The third kappa shape index (κ3) is 6.32. The molecule has 0 heterocycles. The van der Waals surface area contributed by atoms with E-state index < -0.39 is 16.6 Å². The molecule has 0 bridgehead atoms. The summed E-state index contributed by atoms with van der Waals surface area (Å²) in [5.41, 5.74) is 2.12. The van der Waals surface area contributed by atoms with Crippen LogP contribution in [0.1, 0.15) is 25.7 Å². The van der Waals surface area contributed by atoms with Gasteiger partial charge in [0.1, 0.15) is 0 Å². The molecule has 4 nitrogen and oxygen atoms in total. The fraction of sp³-hybridized carbons (Fsp3) is 0.0952. The van der Waals surface area contributed by atoms with E-state index in [2.05, 4.69) is 182 Å². The van der Waals surface area contributed by atoms with Crippen molar-refractivity contribution in [2.24, 2.45) is 10.3 Å². The topological polar surface area (TPSA) is 43.2 Å². The highest BCUT2D eigenvalue weighted by Gasteiger charge is 2.46. The minimum absolute atomic E-state index is 0.779. The highest BCUT2D eigenvalue weighted by atomic mass is 28.4. The maximum atomic E-state index is 6.91. The number of benzene rings is 6. The van der Waals surface area contributed by atoms with Gasteiger partial charge >= 0.3 is 16.6 Å². The Morgan fingerprint density at radius 2 is 0.479 bits per heavy atom. The zero-order valence-corrected chi connectivity index (χ0v) is 28.9. The van der Waals surface area contributed by atoms with Crippen LogP contribution < -0.4 is 31.1 Å². The monoisotopic (exact) mass is 658 g/mol. The van der Waals surface area contributed by atoms with Crippen LogP contribution >= 0.6 is 0 Å². The average Bonchev–Trinajstić information content (AvgIpc) is 3.18. The summed E-state index contributed by atoms with van der Waals surface area (Å²) < 4.78 is 13.8. The molecule has 0 saturated heterocycles. The third-order valence-corrected chi connectivity index (χ3v) is 16.7. The molecule has 0 unspecified atom stereocenters. The van der Waals surface area contributed by atoms with Crippen molar-refractivity contribution >= 4 is 59.2 Å². The van der Waals surface area contributed by atoms with Crippen molar-refractivity contribution in [3.8, 4) is 0 Å². The van der Waals surface area contributed by atoms with Crippen LogP contribution in [-0.2, 0) is 9.05 Å². The molecular formula is C42H38N2O2Si2. The van der Waals surface area contributed by atoms with E-state index in [4.69, 9.17) is 19.4 Å². The van der Waals surface area contributed by atoms with Gasteiger partial charge in [0, 0.05) is 0 Å². The van der Waals surface area contributed by atoms with Crippen molar-refractivity contribution in [1.29, 1.82) is 0 Å². The van der Waals surface area contributed by atoms with Crippen molar-refractivity contribution in [1.82, 2.24) is 0 Å². The number of hydrogen-bond acceptors (Lipinski definition) is 4. The van der Waals surface area contributed by atoms with Crippen molar-refractivity contribution in [3.63, 3.8) is 0 Å². The van der Waals surface area contributed by atoms with Gasteiger partial charge in [0.25, 0.3) is 0 Å². The number of oxime groups is 2. The van der Waals surface area contributed by atoms with Crippen LogP contribution in [0.3, 0.4) is 0 Å². The zero-order chi connectivity index (χ0) is 32.5. The second kappa shape index (κ2) is 14.6. The van der Waals surface area contributed by atoms with Crippen molar-refractivity contribution < 1.29 is 9.05 Å². The molecule has 1 saturated carbocycles. The standard InChI is InChI=1S/C42H38N2O2Si2/c1-7-19-37(20-8-1)47(38-21-9-2-10-22-38,39-23-11-3-12-24-39)45-43-35-31-33-36(34-32-35)44-46-48(40-25-13-4-14-26-40,41-27-15-5-16-28-41)42-29-17-6-18-30-42/h1-30H,31-34H2. The molecular weight excluding hydrogens is 621 g/mol. The van der Waals surface area contributed by atoms with Gasteiger partial charge in [-0.05, 0) is 56.8 Å². The van der Waals surface area contributed by atoms with Gasteiger partial charge in [0.15, 0.2) is 0 Å². The van der Waals surface area contributed by atoms with E-state index in [1.165, 1.54) is 31.1 Å². The van der Waals surface area contributed by atoms with E-state index in [0.29, 0.717) is 0 Å². The second-order valence-electron chi connectivity index (χ2n) is 12.1. The summed E-state index contributed by atoms with van der Waals surface area (Å²) in [6, 6.07) is 63.5. The van der Waals surface area contributed by atoms with Crippen LogP contribution in [0.2, 0.25) is 0 Å². The predicted molar refractivity (Wildman–Crippen MR) is 203 cm³/mol. The lowest BCUT2D eigenvalue weighted by Gasteiger charge is -2.31. The molecule has 0 atom stereocenters. The maximum Gasteiger partial charge on any atom is 0.380 e. The van der Waals surface area contributed by atoms with Crippen LogP contribution in [0.5, 0.6) is 0 Å². The summed E-state index contributed by atoms with van der Waals surface area (Å²) in [4.78, 5) is 0. The van der Waals surface area contributed by atoms with E-state index in [9.17, 15) is 0 Å². The first-order valence-corrected chi connectivity index (χ1v) is 20.4. The van der Waals surface area contributed by atoms with Gasteiger partial charge in [-0.2, -0.15) is 0 Å². The molecule has 0 spiro atoms. The average molecular weight is 659 g/mol. The minimum atomic E-state index is -2.91. The fourth-order valence-corrected chi connectivity index (χ4v) is 13.8. The molecule has 236 valence electrons. The minimum Gasteiger partial charge on any atom is -0.438 e. The molecule has 7 rings (SSSR count). The van der Waals surface area contributed by atoms with E-state index >= 15 is 0 Å². The maximum absolute atomic E-state index is 6.91. The Hall–Kier alpha value is -5.31. The van der Waals surface area contributed by atoms with Gasteiger partial charge < -0.3 is 9.05 Å². The normalized spacial score (nSPS) is 13.4. The summed E-state index contributed by atoms with van der Waals surface area (Å²) in [6.45, 7) is 0. The SMILES string of the molecule is c1ccc([Si](ON=C2CCC(=NO[Si](c3ccccc3)(c3ccccc3)c3ccccc3)CC2)(c2ccccc2)c2ccccc2)cc1. The molecule has 1 aliphatic rings. The molecule has 0 aromatic heterocycles. The Balaban J connectivity index is 1.19. The molecule has 0 amide bonds. The highest BCUT2D eigenvalue weighted by molar-refractivity contribution is 7.07. The lowest BCUT2D eigenvalue weighted by atomic mass is 9.97. The van der Waals surface area contributed by atoms with Gasteiger partial charge in [0.2, 0.25) is 0 Å². The molecule has 6 heteroatoms. The Bertz CT molecular complexity index is 1600. The van der Waals surface area contributed by atoms with Crippen LogP contribution in [0, 0.1) is 0 Å². The van der Waals surface area contributed by atoms with Crippen LogP contribution in [-0.4, -0.2) is 28.1 Å². The molecule has 0 N–H and O–H groups in total. The molecule has 6 aromatic carbocycles. The third-order valence-electron chi connectivity index (χ3n) is 9.11. The van der Waals surface area contributed by atoms with Gasteiger partial charge in [-0.3, -0.25) is 0 Å². The fourth-order valence-electron chi connectivity index (χ4n) is 6.63. The summed E-state index contributed by atoms with van der Waals surface area (Å²) >= 11 is 0. The van der Waals surface area contributed by atoms with E-state index in [-0.39, 0.29) is 0 Å². The highest BCUT2D eigenvalue weighted by Crippen LogP contribution is 2.19. The zero-order valence-electron chi connectivity index (χ0n) is 26.9. The second-order valence-corrected chi connectivity index (χ2v) is 18.6. The number of rotatable bonds is 10. The van der Waals surface area contributed by atoms with Gasteiger partial charge in [-0.25, -0.2) is 0 Å². The van der Waals surface area contributed by atoms with Crippen molar-refractivity contribution in [2.75, 3.05) is 0 Å². The van der Waals surface area contributed by atoms with Crippen molar-refractivity contribution in [2.45, 2.75) is 25.7 Å². The Labute approximate surface area is 285 Å².